The van der Waals surface area contributed by atoms with Gasteiger partial charge in [0.2, 0.25) is 5.91 Å². The molecule has 0 radical (unpaired) electrons. The molecule has 0 amide bonds. The second kappa shape index (κ2) is 12.3. The molecule has 1 heterocycles. The quantitative estimate of drug-likeness (QED) is 0.228. The van der Waals surface area contributed by atoms with E-state index in [9.17, 15) is 24.6 Å². The first-order chi connectivity index (χ1) is 18.3. The minimum Gasteiger partial charge on any atom is -0.480 e. The van der Waals surface area contributed by atoms with E-state index in [1.807, 2.05) is 72.8 Å². The van der Waals surface area contributed by atoms with Crippen LogP contribution in [0.15, 0.2) is 91.1 Å². The minimum absolute atomic E-state index is 0.000826. The second-order valence-electron chi connectivity index (χ2n) is 9.35. The first kappa shape index (κ1) is 26.8. The number of carboxylic acids is 2. The Morgan fingerprint density at radius 1 is 0.763 bits per heavy atom. The molecular formula is C30H31N3O5. The molecule has 0 saturated carbocycles. The van der Waals surface area contributed by atoms with E-state index in [-0.39, 0.29) is 18.7 Å². The molecule has 0 fully saturated rings. The molecule has 0 spiro atoms. The summed E-state index contributed by atoms with van der Waals surface area (Å²) < 4.78 is 1.47. The predicted molar refractivity (Wildman–Crippen MR) is 145 cm³/mol. The van der Waals surface area contributed by atoms with Crippen LogP contribution in [0.1, 0.15) is 27.9 Å². The number of fused-ring (bicyclic) bond motifs is 1. The van der Waals surface area contributed by atoms with Crippen LogP contribution in [0.25, 0.3) is 10.9 Å². The van der Waals surface area contributed by atoms with Gasteiger partial charge in [-0.05, 0) is 42.0 Å². The van der Waals surface area contributed by atoms with Crippen molar-refractivity contribution in [3.05, 3.63) is 108 Å². The van der Waals surface area contributed by atoms with Crippen LogP contribution in [0.2, 0.25) is 0 Å². The van der Waals surface area contributed by atoms with Crippen LogP contribution in [0, 0.1) is 0 Å². The number of nitrogens with zero attached hydrogens (tertiary/aromatic N) is 1. The number of aryl methyl sites for hydroxylation is 1. The molecule has 5 N–H and O–H groups in total. The van der Waals surface area contributed by atoms with E-state index in [4.69, 9.17) is 5.73 Å². The highest BCUT2D eigenvalue weighted by molar-refractivity contribution is 5.97. The Morgan fingerprint density at radius 3 is 1.97 bits per heavy atom. The Balaban J connectivity index is 1.54. The minimum atomic E-state index is -1.17. The maximum absolute atomic E-state index is 13.3. The number of hydrogen-bond acceptors (Lipinski definition) is 5. The summed E-state index contributed by atoms with van der Waals surface area (Å²) in [6.07, 6.45) is 2.71. The first-order valence-electron chi connectivity index (χ1n) is 12.5. The molecule has 0 saturated heterocycles. The number of nitrogens with one attached hydrogen (secondary N) is 1. The summed E-state index contributed by atoms with van der Waals surface area (Å²) in [6.45, 7) is 0. The van der Waals surface area contributed by atoms with Crippen LogP contribution in [-0.4, -0.2) is 50.8 Å². The highest BCUT2D eigenvalue weighted by Gasteiger charge is 2.28. The number of rotatable bonds is 12. The molecule has 0 aliphatic rings. The fourth-order valence-corrected chi connectivity index (χ4v) is 4.64. The van der Waals surface area contributed by atoms with Gasteiger partial charge in [-0.3, -0.25) is 24.3 Å². The van der Waals surface area contributed by atoms with Crippen molar-refractivity contribution >= 4 is 28.7 Å². The molecule has 196 valence electrons. The molecular weight excluding hydrogens is 482 g/mol. The predicted octanol–water partition coefficient (Wildman–Crippen LogP) is 3.52. The highest BCUT2D eigenvalue weighted by atomic mass is 16.4. The molecule has 4 aromatic rings. The number of aromatic nitrogens is 1. The van der Waals surface area contributed by atoms with Crippen molar-refractivity contribution in [2.45, 2.75) is 43.8 Å². The zero-order valence-electron chi connectivity index (χ0n) is 20.9. The van der Waals surface area contributed by atoms with Gasteiger partial charge in [-0.1, -0.05) is 78.9 Å². The van der Waals surface area contributed by atoms with Crippen LogP contribution in [-0.2, 0) is 28.9 Å². The maximum Gasteiger partial charge on any atom is 0.321 e. The number of carbonyl (C=O) groups is 3. The summed E-state index contributed by atoms with van der Waals surface area (Å²) in [5, 5.41) is 23.2. The molecule has 1 aromatic heterocycles. The van der Waals surface area contributed by atoms with E-state index in [0.29, 0.717) is 23.9 Å². The maximum atomic E-state index is 13.3. The van der Waals surface area contributed by atoms with E-state index in [0.717, 1.165) is 16.5 Å². The molecule has 1 unspecified atom stereocenters. The van der Waals surface area contributed by atoms with Gasteiger partial charge in [-0.2, -0.15) is 0 Å². The van der Waals surface area contributed by atoms with E-state index < -0.39 is 30.1 Å². The van der Waals surface area contributed by atoms with Gasteiger partial charge in [0.05, 0.1) is 11.6 Å². The molecule has 0 aliphatic heterocycles. The lowest BCUT2D eigenvalue weighted by atomic mass is 10.0. The molecule has 3 atom stereocenters. The highest BCUT2D eigenvalue weighted by Crippen LogP contribution is 2.24. The standard InChI is InChI=1S/C30H31N3O5/c31-24(17-21-11-5-2-6-12-21)28(34)33-19-22(23-13-7-8-14-27(23)33)18-26(30(37)38)32-25(29(35)36)16-15-20-9-3-1-4-10-20/h1-14,19,24-26,32H,15-18,31H2,(H,35,36)(H,37,38)/t24-,25?,26-/m0/s1. The van der Waals surface area contributed by atoms with Crippen molar-refractivity contribution in [3.63, 3.8) is 0 Å². The average molecular weight is 514 g/mol. The van der Waals surface area contributed by atoms with Gasteiger partial charge in [-0.25, -0.2) is 0 Å². The van der Waals surface area contributed by atoms with Crippen LogP contribution in [0.3, 0.4) is 0 Å². The van der Waals surface area contributed by atoms with Crippen LogP contribution in [0.4, 0.5) is 0 Å². The van der Waals surface area contributed by atoms with E-state index in [2.05, 4.69) is 5.32 Å². The normalized spacial score (nSPS) is 13.6. The number of carboxylic acid groups (broad SMARTS) is 2. The number of hydrogen-bond donors (Lipinski definition) is 4. The van der Waals surface area contributed by atoms with Crippen LogP contribution < -0.4 is 11.1 Å². The van der Waals surface area contributed by atoms with Gasteiger partial charge in [0.25, 0.3) is 0 Å². The van der Waals surface area contributed by atoms with E-state index in [1.54, 1.807) is 18.3 Å². The van der Waals surface area contributed by atoms with E-state index >= 15 is 0 Å². The number of benzene rings is 3. The number of nitrogens with two attached hydrogens (primary N) is 1. The van der Waals surface area contributed by atoms with E-state index in [1.165, 1.54) is 4.57 Å². The zero-order chi connectivity index (χ0) is 27.1. The van der Waals surface area contributed by atoms with Crippen molar-refractivity contribution in [2.24, 2.45) is 5.73 Å². The average Bonchev–Trinajstić information content (AvgIpc) is 3.29. The summed E-state index contributed by atoms with van der Waals surface area (Å²) in [5.74, 6) is -2.58. The largest absolute Gasteiger partial charge is 0.480 e. The Hall–Kier alpha value is -4.27. The lowest BCUT2D eigenvalue weighted by Crippen LogP contribution is -2.48. The SMILES string of the molecule is N[C@@H](Cc1ccccc1)C(=O)n1cc(C[C@H](NC(CCc2ccccc2)C(=O)O)C(=O)O)c2ccccc21. The summed E-state index contributed by atoms with van der Waals surface area (Å²) >= 11 is 0. The van der Waals surface area contributed by atoms with Crippen molar-refractivity contribution in [1.82, 2.24) is 9.88 Å². The third-order valence-corrected chi connectivity index (χ3v) is 6.63. The number of carbonyl (C=O) groups excluding carboxylic acids is 1. The third-order valence-electron chi connectivity index (χ3n) is 6.63. The molecule has 8 nitrogen and oxygen atoms in total. The Bertz CT molecular complexity index is 1400. The second-order valence-corrected chi connectivity index (χ2v) is 9.35. The van der Waals surface area contributed by atoms with Crippen LogP contribution in [0.5, 0.6) is 0 Å². The summed E-state index contributed by atoms with van der Waals surface area (Å²) in [6, 6.07) is 23.1. The Kier molecular flexibility index (Phi) is 8.68. The van der Waals surface area contributed by atoms with Gasteiger partial charge in [0, 0.05) is 18.0 Å². The van der Waals surface area contributed by atoms with Crippen molar-refractivity contribution < 1.29 is 24.6 Å². The third kappa shape index (κ3) is 6.53. The van der Waals surface area contributed by atoms with Crippen molar-refractivity contribution in [3.8, 4) is 0 Å². The molecule has 0 aliphatic carbocycles. The van der Waals surface area contributed by atoms with Gasteiger partial charge >= 0.3 is 11.9 Å². The summed E-state index contributed by atoms with van der Waals surface area (Å²) in [7, 11) is 0. The monoisotopic (exact) mass is 513 g/mol. The van der Waals surface area contributed by atoms with Gasteiger partial charge in [0.1, 0.15) is 12.1 Å². The first-order valence-corrected chi connectivity index (χ1v) is 12.5. The molecule has 0 bridgehead atoms. The van der Waals surface area contributed by atoms with Crippen molar-refractivity contribution in [2.75, 3.05) is 0 Å². The zero-order valence-corrected chi connectivity index (χ0v) is 20.9. The Morgan fingerprint density at radius 2 is 1.34 bits per heavy atom. The smallest absolute Gasteiger partial charge is 0.321 e. The fraction of sp³-hybridized carbons (Fsp3) is 0.233. The Labute approximate surface area is 220 Å². The topological polar surface area (TPSA) is 135 Å². The summed E-state index contributed by atoms with van der Waals surface area (Å²) in [4.78, 5) is 37.4. The molecule has 4 rings (SSSR count). The number of aliphatic carboxylic acids is 2. The van der Waals surface area contributed by atoms with Crippen molar-refractivity contribution in [1.29, 1.82) is 0 Å². The van der Waals surface area contributed by atoms with Gasteiger partial charge < -0.3 is 15.9 Å². The summed E-state index contributed by atoms with van der Waals surface area (Å²) in [5.41, 5.74) is 9.43. The fourth-order valence-electron chi connectivity index (χ4n) is 4.64. The lowest BCUT2D eigenvalue weighted by molar-refractivity contribution is -0.142. The molecule has 38 heavy (non-hydrogen) atoms. The number of para-hydroxylation sites is 1. The van der Waals surface area contributed by atoms with Crippen LogP contribution >= 0.6 is 0 Å². The lowest BCUT2D eigenvalue weighted by Gasteiger charge is -2.20. The molecule has 3 aromatic carbocycles. The van der Waals surface area contributed by atoms with Gasteiger partial charge in [-0.15, -0.1) is 0 Å². The van der Waals surface area contributed by atoms with Gasteiger partial charge in [0.15, 0.2) is 0 Å². The molecule has 8 heteroatoms.